The zero-order valence-corrected chi connectivity index (χ0v) is 31.7. The van der Waals surface area contributed by atoms with Crippen molar-refractivity contribution in [2.24, 2.45) is 23.7 Å². The number of hydrogen-bond acceptors (Lipinski definition) is 8. The van der Waals surface area contributed by atoms with Gasteiger partial charge in [-0.2, -0.15) is 0 Å². The lowest BCUT2D eigenvalue weighted by atomic mass is 9.49. The zero-order valence-electron chi connectivity index (χ0n) is 27.7. The van der Waals surface area contributed by atoms with Crippen molar-refractivity contribution in [3.05, 3.63) is 132 Å². The van der Waals surface area contributed by atoms with Gasteiger partial charge >= 0.3 is 0 Å². The first-order chi connectivity index (χ1) is 25.4. The highest BCUT2D eigenvalue weighted by Gasteiger charge is 2.70. The number of nitro benzene ring substituents is 1. The van der Waals surface area contributed by atoms with Crippen molar-refractivity contribution in [3.8, 4) is 11.5 Å². The van der Waals surface area contributed by atoms with Crippen LogP contribution in [0, 0.1) is 33.8 Å². The second-order valence-corrected chi connectivity index (χ2v) is 15.5. The number of fused-ring (bicyclic) bond motifs is 4. The quantitative estimate of drug-likeness (QED) is 0.0893. The minimum absolute atomic E-state index is 0.0706. The molecule has 14 heteroatoms. The van der Waals surface area contributed by atoms with Gasteiger partial charge in [0.1, 0.15) is 0 Å². The number of aromatic hydroxyl groups is 1. The maximum atomic E-state index is 15.5. The number of phenols is 1. The summed E-state index contributed by atoms with van der Waals surface area (Å²) in [5, 5.41) is 22.7. The lowest BCUT2D eigenvalue weighted by Gasteiger charge is -2.51. The summed E-state index contributed by atoms with van der Waals surface area (Å²) in [5.41, 5.74) is 0.573. The summed E-state index contributed by atoms with van der Waals surface area (Å²) in [5.74, 6) is -6.17. The van der Waals surface area contributed by atoms with Crippen LogP contribution in [0.3, 0.4) is 0 Å². The molecule has 0 bridgehead atoms. The minimum Gasteiger partial charge on any atom is -0.503 e. The van der Waals surface area contributed by atoms with Crippen LogP contribution in [0.2, 0.25) is 5.02 Å². The molecular formula is C39H28Br2ClN3O8. The Morgan fingerprint density at radius 3 is 2.25 bits per heavy atom. The number of nitrogens with zero attached hydrogens (tertiary/aromatic N) is 3. The molecule has 2 heterocycles. The molecule has 0 unspecified atom stereocenters. The maximum absolute atomic E-state index is 15.5. The molecule has 0 radical (unpaired) electrons. The number of methoxy groups -OCH3 is 1. The fourth-order valence-corrected chi connectivity index (χ4v) is 10.2. The number of halogens is 3. The molecule has 2 aliphatic carbocycles. The van der Waals surface area contributed by atoms with Crippen LogP contribution in [0.15, 0.2) is 106 Å². The molecule has 268 valence electrons. The lowest BCUT2D eigenvalue weighted by Crippen LogP contribution is -2.53. The van der Waals surface area contributed by atoms with Crippen molar-refractivity contribution in [2.75, 3.05) is 16.9 Å². The van der Waals surface area contributed by atoms with Crippen LogP contribution in [0.4, 0.5) is 17.1 Å². The fraction of sp³-hybridized carbons (Fsp3) is 0.231. The van der Waals surface area contributed by atoms with Crippen LogP contribution in [0.5, 0.6) is 11.5 Å². The number of benzene rings is 4. The number of ether oxygens (including phenoxy) is 1. The van der Waals surface area contributed by atoms with Crippen LogP contribution in [-0.2, 0) is 24.6 Å². The Morgan fingerprint density at radius 1 is 0.868 bits per heavy atom. The first-order valence-corrected chi connectivity index (χ1v) is 18.6. The average Bonchev–Trinajstić information content (AvgIpc) is 3.55. The largest absolute Gasteiger partial charge is 0.503 e. The SMILES string of the molecule is COc1cc([C@H]2C3=CC[C@@H]4C(=O)N(c5ccc([N+](=O)[O-])cc5)C(=O)[C@@H]4[C@@H]3C[C@H]3C(=O)N(c4cccc(Cl)c4)C(=O)[C@@]23c2ccccc2)c(Br)c(Br)c1O. The topological polar surface area (TPSA) is 147 Å². The first-order valence-electron chi connectivity index (χ1n) is 16.7. The highest BCUT2D eigenvalue weighted by atomic mass is 79.9. The van der Waals surface area contributed by atoms with E-state index in [1.807, 2.05) is 24.3 Å². The highest BCUT2D eigenvalue weighted by molar-refractivity contribution is 9.13. The molecule has 4 aliphatic rings. The summed E-state index contributed by atoms with van der Waals surface area (Å²) in [6, 6.07) is 22.5. The molecule has 0 aromatic heterocycles. The van der Waals surface area contributed by atoms with Gasteiger partial charge in [-0.3, -0.25) is 34.2 Å². The van der Waals surface area contributed by atoms with Gasteiger partial charge in [0.15, 0.2) is 11.5 Å². The number of non-ortho nitro benzene ring substituents is 1. The molecule has 4 aromatic rings. The smallest absolute Gasteiger partial charge is 0.269 e. The Morgan fingerprint density at radius 2 is 1.58 bits per heavy atom. The van der Waals surface area contributed by atoms with Gasteiger partial charge in [0.05, 0.1) is 51.0 Å². The molecule has 11 nitrogen and oxygen atoms in total. The van der Waals surface area contributed by atoms with E-state index in [1.165, 1.54) is 36.3 Å². The molecule has 2 aliphatic heterocycles. The number of imide groups is 2. The van der Waals surface area contributed by atoms with Crippen LogP contribution in [0.1, 0.15) is 29.9 Å². The predicted octanol–water partition coefficient (Wildman–Crippen LogP) is 7.85. The molecule has 0 spiro atoms. The molecule has 2 saturated heterocycles. The van der Waals surface area contributed by atoms with E-state index < -0.39 is 63.6 Å². The summed E-state index contributed by atoms with van der Waals surface area (Å²) < 4.78 is 6.28. The van der Waals surface area contributed by atoms with Crippen LogP contribution in [-0.4, -0.2) is 40.8 Å². The van der Waals surface area contributed by atoms with Crippen LogP contribution < -0.4 is 14.5 Å². The number of carbonyl (C=O) groups excluding carboxylic acids is 4. The van der Waals surface area contributed by atoms with E-state index in [9.17, 15) is 29.6 Å². The molecule has 4 amide bonds. The van der Waals surface area contributed by atoms with Gasteiger partial charge < -0.3 is 9.84 Å². The summed E-state index contributed by atoms with van der Waals surface area (Å²) in [4.78, 5) is 72.1. The predicted molar refractivity (Wildman–Crippen MR) is 202 cm³/mol. The molecule has 1 N–H and O–H groups in total. The summed E-state index contributed by atoms with van der Waals surface area (Å²) in [6.07, 6.45) is 2.16. The molecular weight excluding hydrogens is 834 g/mol. The third-order valence-corrected chi connectivity index (χ3v) is 13.6. The molecule has 6 atom stereocenters. The van der Waals surface area contributed by atoms with Crippen molar-refractivity contribution >= 4 is 84.2 Å². The molecule has 1 saturated carbocycles. The van der Waals surface area contributed by atoms with E-state index in [0.29, 0.717) is 31.9 Å². The third kappa shape index (κ3) is 5.04. The Labute approximate surface area is 324 Å². The Kier molecular flexibility index (Phi) is 8.58. The van der Waals surface area contributed by atoms with Gasteiger partial charge in [0.25, 0.3) is 5.69 Å². The van der Waals surface area contributed by atoms with Crippen molar-refractivity contribution < 1.29 is 33.9 Å². The van der Waals surface area contributed by atoms with Crippen molar-refractivity contribution in [2.45, 2.75) is 24.2 Å². The number of hydrogen-bond donors (Lipinski definition) is 1. The first kappa shape index (κ1) is 35.2. The second kappa shape index (κ2) is 12.9. The normalized spacial score (nSPS) is 26.3. The van der Waals surface area contributed by atoms with E-state index in [0.717, 1.165) is 4.90 Å². The molecule has 3 fully saturated rings. The van der Waals surface area contributed by atoms with E-state index >= 15 is 4.79 Å². The van der Waals surface area contributed by atoms with E-state index in [-0.39, 0.29) is 40.2 Å². The van der Waals surface area contributed by atoms with Gasteiger partial charge in [0.2, 0.25) is 23.6 Å². The summed E-state index contributed by atoms with van der Waals surface area (Å²) in [6.45, 7) is 0. The monoisotopic (exact) mass is 859 g/mol. The fourth-order valence-electron chi connectivity index (χ4n) is 9.04. The Bertz CT molecular complexity index is 2300. The number of allylic oxidation sites excluding steroid dienone is 2. The van der Waals surface area contributed by atoms with E-state index in [2.05, 4.69) is 31.9 Å². The number of amides is 4. The van der Waals surface area contributed by atoms with Gasteiger partial charge in [-0.1, -0.05) is 59.6 Å². The Hall–Kier alpha value is -4.85. The van der Waals surface area contributed by atoms with Gasteiger partial charge in [-0.25, -0.2) is 4.90 Å². The van der Waals surface area contributed by atoms with E-state index in [1.54, 1.807) is 42.5 Å². The molecule has 53 heavy (non-hydrogen) atoms. The van der Waals surface area contributed by atoms with E-state index in [4.69, 9.17) is 16.3 Å². The number of carbonyl (C=O) groups is 4. The van der Waals surface area contributed by atoms with Crippen molar-refractivity contribution in [1.29, 1.82) is 0 Å². The second-order valence-electron chi connectivity index (χ2n) is 13.5. The molecule has 8 rings (SSSR count). The van der Waals surface area contributed by atoms with Gasteiger partial charge in [-0.05, 0) is 98.1 Å². The minimum atomic E-state index is -1.55. The lowest BCUT2D eigenvalue weighted by molar-refractivity contribution is -0.384. The summed E-state index contributed by atoms with van der Waals surface area (Å²) >= 11 is 13.6. The molecule has 4 aromatic carbocycles. The van der Waals surface area contributed by atoms with Gasteiger partial charge in [-0.15, -0.1) is 0 Å². The number of phenolic OH excluding ortho intramolecular Hbond substituents is 1. The van der Waals surface area contributed by atoms with Crippen molar-refractivity contribution in [1.82, 2.24) is 0 Å². The maximum Gasteiger partial charge on any atom is 0.269 e. The third-order valence-electron chi connectivity index (χ3n) is 11.2. The highest BCUT2D eigenvalue weighted by Crippen LogP contribution is 2.66. The van der Waals surface area contributed by atoms with Gasteiger partial charge in [0, 0.05) is 27.5 Å². The average molecular weight is 862 g/mol. The van der Waals surface area contributed by atoms with Crippen molar-refractivity contribution in [3.63, 3.8) is 0 Å². The number of rotatable bonds is 6. The zero-order chi connectivity index (χ0) is 37.5. The summed E-state index contributed by atoms with van der Waals surface area (Å²) in [7, 11) is 1.41. The van der Waals surface area contributed by atoms with Crippen LogP contribution in [0.25, 0.3) is 0 Å². The Balaban J connectivity index is 1.37. The standard InChI is InChI=1S/C39H28Br2ClN3O8/c1-53-29-18-27(32(40)33(41)34(29)46)31-24-14-15-25-30(37(49)43(35(25)47)21-10-12-22(13-11-21)45(51)52)26(24)17-28-36(48)44(23-9-5-8-20(42)16-23)38(50)39(28,31)19-6-3-2-4-7-19/h2-14,16,18,25-26,28,30-31,46H,15,17H2,1H3/t25-,26+,28-,30-,31+,39+/m0/s1. The number of anilines is 2. The van der Waals surface area contributed by atoms with Crippen LogP contribution >= 0.6 is 43.5 Å². The number of nitro groups is 1.